The summed E-state index contributed by atoms with van der Waals surface area (Å²) < 4.78 is 16.5. The third kappa shape index (κ3) is 2.16. The van der Waals surface area contributed by atoms with Crippen LogP contribution in [0, 0.1) is 10.1 Å². The van der Waals surface area contributed by atoms with Gasteiger partial charge in [-0.1, -0.05) is 6.92 Å². The molecule has 2 heterocycles. The molecule has 0 amide bonds. The van der Waals surface area contributed by atoms with E-state index in [9.17, 15) is 10.1 Å². The van der Waals surface area contributed by atoms with Gasteiger partial charge in [0.1, 0.15) is 0 Å². The van der Waals surface area contributed by atoms with Crippen molar-refractivity contribution in [1.82, 2.24) is 0 Å². The second kappa shape index (κ2) is 5.64. The molecule has 0 aliphatic carbocycles. The smallest absolute Gasteiger partial charge is 0.267 e. The molecule has 1 N–H and O–H groups in total. The molecule has 1 aromatic rings. The Balaban J connectivity index is 2.18. The summed E-state index contributed by atoms with van der Waals surface area (Å²) in [6.07, 6.45) is 1.32. The molecule has 0 saturated carbocycles. The number of likely N-dealkylation sites (N-methyl/N-ethyl adjacent to an activating group) is 1. The maximum atomic E-state index is 11.5. The third-order valence-electron chi connectivity index (χ3n) is 4.65. The van der Waals surface area contributed by atoms with Crippen LogP contribution in [0.3, 0.4) is 0 Å². The van der Waals surface area contributed by atoms with E-state index in [1.54, 1.807) is 7.11 Å². The van der Waals surface area contributed by atoms with Gasteiger partial charge in [-0.2, -0.15) is 0 Å². The Kier molecular flexibility index (Phi) is 3.82. The second-order valence-corrected chi connectivity index (χ2v) is 5.80. The molecule has 1 unspecified atom stereocenters. The molecule has 1 aromatic carbocycles. The van der Waals surface area contributed by atoms with Gasteiger partial charge in [0, 0.05) is 17.8 Å². The van der Waals surface area contributed by atoms with Crippen molar-refractivity contribution in [2.45, 2.75) is 31.8 Å². The third-order valence-corrected chi connectivity index (χ3v) is 4.65. The average Bonchev–Trinajstić information content (AvgIpc) is 2.95. The zero-order valence-electron chi connectivity index (χ0n) is 13.0. The zero-order chi connectivity index (χ0) is 15.9. The highest BCUT2D eigenvalue weighted by Crippen LogP contribution is 2.48. The molecule has 7 nitrogen and oxygen atoms in total. The molecule has 0 bridgehead atoms. The van der Waals surface area contributed by atoms with Crippen LogP contribution in [0.15, 0.2) is 6.07 Å². The van der Waals surface area contributed by atoms with Gasteiger partial charge in [0.15, 0.2) is 17.5 Å². The summed E-state index contributed by atoms with van der Waals surface area (Å²) in [7, 11) is 3.58. The van der Waals surface area contributed by atoms with Crippen molar-refractivity contribution in [2.75, 3.05) is 27.5 Å². The van der Waals surface area contributed by atoms with E-state index in [-0.39, 0.29) is 17.8 Å². The predicted molar refractivity (Wildman–Crippen MR) is 78.4 cm³/mol. The normalized spacial score (nSPS) is 23.8. The number of methoxy groups -OCH3 is 1. The number of nitrogens with one attached hydrogen (secondary N) is 1. The van der Waals surface area contributed by atoms with E-state index in [0.717, 1.165) is 29.0 Å². The summed E-state index contributed by atoms with van der Waals surface area (Å²) in [5, 5.41) is 11.5. The maximum absolute atomic E-state index is 11.5. The molecule has 0 spiro atoms. The summed E-state index contributed by atoms with van der Waals surface area (Å²) in [4.78, 5) is 12.5. The van der Waals surface area contributed by atoms with Crippen molar-refractivity contribution in [3.8, 4) is 17.2 Å². The van der Waals surface area contributed by atoms with Crippen LogP contribution in [0.25, 0.3) is 0 Å². The molecule has 3 atom stereocenters. The number of hydrogen-bond acceptors (Lipinski definition) is 5. The van der Waals surface area contributed by atoms with Crippen LogP contribution in [0.2, 0.25) is 0 Å². The van der Waals surface area contributed by atoms with Crippen LogP contribution < -0.4 is 19.1 Å². The molecule has 7 heteroatoms. The predicted octanol–water partition coefficient (Wildman–Crippen LogP) is 0.591. The Hall–Kier alpha value is -2.02. The quantitative estimate of drug-likeness (QED) is 0.651. The standard InChI is InChI=1S/C15H20N2O5/c1-4-10(17(18)19)13-12-9(5-6-16(13)2)7-11-14(15(12)20-3)22-8-21-11/h7,10,13H,4-6,8H2,1-3H3/p+1/t10-,13+/m1/s1. The molecule has 0 fully saturated rings. The van der Waals surface area contributed by atoms with Crippen molar-refractivity contribution in [2.24, 2.45) is 0 Å². The Morgan fingerprint density at radius 1 is 1.55 bits per heavy atom. The first kappa shape index (κ1) is 14.9. The van der Waals surface area contributed by atoms with E-state index in [4.69, 9.17) is 14.2 Å². The number of hydrogen-bond donors (Lipinski definition) is 1. The van der Waals surface area contributed by atoms with Crippen molar-refractivity contribution in [3.63, 3.8) is 0 Å². The van der Waals surface area contributed by atoms with E-state index < -0.39 is 6.04 Å². The van der Waals surface area contributed by atoms with Crippen LogP contribution in [0.4, 0.5) is 0 Å². The number of rotatable bonds is 4. The zero-order valence-corrected chi connectivity index (χ0v) is 13.0. The highest BCUT2D eigenvalue weighted by atomic mass is 16.7. The summed E-state index contributed by atoms with van der Waals surface area (Å²) in [5.74, 6) is 1.83. The van der Waals surface area contributed by atoms with Crippen LogP contribution in [0.5, 0.6) is 17.2 Å². The number of nitro groups is 1. The fourth-order valence-corrected chi connectivity index (χ4v) is 3.59. The summed E-state index contributed by atoms with van der Waals surface area (Å²) in [6, 6.07) is 1.06. The Morgan fingerprint density at radius 2 is 2.32 bits per heavy atom. The van der Waals surface area contributed by atoms with E-state index in [0.29, 0.717) is 23.7 Å². The van der Waals surface area contributed by atoms with Gasteiger partial charge in [0.05, 0.1) is 26.3 Å². The lowest BCUT2D eigenvalue weighted by atomic mass is 9.86. The Bertz CT molecular complexity index is 604. The minimum absolute atomic E-state index is 0.161. The van der Waals surface area contributed by atoms with E-state index >= 15 is 0 Å². The molecule has 0 saturated heterocycles. The average molecular weight is 309 g/mol. The Morgan fingerprint density at radius 3 is 2.95 bits per heavy atom. The van der Waals surface area contributed by atoms with E-state index in [2.05, 4.69) is 0 Å². The van der Waals surface area contributed by atoms with Crippen LogP contribution in [-0.4, -0.2) is 38.5 Å². The molecule has 0 radical (unpaired) electrons. The molecular formula is C15H21N2O5+. The minimum Gasteiger partial charge on any atom is -0.492 e. The molecule has 2 aliphatic rings. The minimum atomic E-state index is -0.645. The van der Waals surface area contributed by atoms with Crippen LogP contribution >= 0.6 is 0 Å². The van der Waals surface area contributed by atoms with E-state index in [1.807, 2.05) is 20.0 Å². The lowest BCUT2D eigenvalue weighted by Crippen LogP contribution is -3.11. The topological polar surface area (TPSA) is 75.3 Å². The fraction of sp³-hybridized carbons (Fsp3) is 0.600. The summed E-state index contributed by atoms with van der Waals surface area (Å²) >= 11 is 0. The van der Waals surface area contributed by atoms with Gasteiger partial charge in [-0.15, -0.1) is 0 Å². The number of fused-ring (bicyclic) bond motifs is 2. The number of nitrogens with zero attached hydrogens (tertiary/aromatic N) is 1. The largest absolute Gasteiger partial charge is 0.492 e. The highest BCUT2D eigenvalue weighted by molar-refractivity contribution is 5.61. The monoisotopic (exact) mass is 309 g/mol. The van der Waals surface area contributed by atoms with Gasteiger partial charge >= 0.3 is 0 Å². The van der Waals surface area contributed by atoms with Crippen LogP contribution in [0.1, 0.15) is 30.5 Å². The van der Waals surface area contributed by atoms with Gasteiger partial charge < -0.3 is 19.1 Å². The first-order valence-electron chi connectivity index (χ1n) is 7.53. The molecular weight excluding hydrogens is 288 g/mol. The van der Waals surface area contributed by atoms with Gasteiger partial charge in [0.25, 0.3) is 6.04 Å². The van der Waals surface area contributed by atoms with Gasteiger partial charge in [-0.05, 0) is 11.6 Å². The van der Waals surface area contributed by atoms with E-state index in [1.165, 1.54) is 0 Å². The number of benzene rings is 1. The van der Waals surface area contributed by atoms with Gasteiger partial charge in [-0.3, -0.25) is 10.1 Å². The number of quaternary nitrogens is 1. The van der Waals surface area contributed by atoms with Crippen molar-refractivity contribution >= 4 is 0 Å². The SMILES string of the molecule is CC[C@H]([C@H]1c2c(cc3c(c2OC)OCO3)CC[NH+]1C)[N+](=O)[O-]. The molecule has 3 rings (SSSR count). The molecule has 2 aliphatic heterocycles. The molecule has 0 aromatic heterocycles. The van der Waals surface area contributed by atoms with Crippen molar-refractivity contribution in [1.29, 1.82) is 0 Å². The van der Waals surface area contributed by atoms with Gasteiger partial charge in [-0.25, -0.2) is 0 Å². The van der Waals surface area contributed by atoms with Crippen molar-refractivity contribution < 1.29 is 24.0 Å². The first-order chi connectivity index (χ1) is 10.6. The second-order valence-electron chi connectivity index (χ2n) is 5.80. The molecule has 22 heavy (non-hydrogen) atoms. The first-order valence-corrected chi connectivity index (χ1v) is 7.53. The molecule has 120 valence electrons. The fourth-order valence-electron chi connectivity index (χ4n) is 3.59. The lowest BCUT2D eigenvalue weighted by molar-refractivity contribution is -0.928. The van der Waals surface area contributed by atoms with Crippen molar-refractivity contribution in [3.05, 3.63) is 27.3 Å². The summed E-state index contributed by atoms with van der Waals surface area (Å²) in [5.41, 5.74) is 1.97. The van der Waals surface area contributed by atoms with Crippen LogP contribution in [-0.2, 0) is 6.42 Å². The summed E-state index contributed by atoms with van der Waals surface area (Å²) in [6.45, 7) is 2.87. The number of ether oxygens (including phenoxy) is 3. The lowest BCUT2D eigenvalue weighted by Gasteiger charge is -2.33. The van der Waals surface area contributed by atoms with Gasteiger partial charge in [0.2, 0.25) is 12.5 Å². The Labute approximate surface area is 128 Å². The maximum Gasteiger partial charge on any atom is 0.267 e. The highest BCUT2D eigenvalue weighted by Gasteiger charge is 2.45.